The summed E-state index contributed by atoms with van der Waals surface area (Å²) in [4.78, 5) is 2.18. The summed E-state index contributed by atoms with van der Waals surface area (Å²) in [5.74, 6) is 1.64. The Morgan fingerprint density at radius 3 is 2.43 bits per heavy atom. The summed E-state index contributed by atoms with van der Waals surface area (Å²) in [6.45, 7) is 3.98. The second-order valence-corrected chi connectivity index (χ2v) is 8.09. The lowest BCUT2D eigenvalue weighted by Crippen LogP contribution is -2.46. The molecule has 3 aliphatic rings. The largest absolute Gasteiger partial charge is 0.482 e. The number of hydrogen-bond acceptors (Lipinski definition) is 3. The van der Waals surface area contributed by atoms with E-state index in [1.54, 1.807) is 0 Å². The molecule has 3 aliphatic heterocycles. The van der Waals surface area contributed by atoms with Crippen molar-refractivity contribution in [3.63, 3.8) is 0 Å². The van der Waals surface area contributed by atoms with E-state index in [1.165, 1.54) is 24.0 Å². The number of rotatable bonds is 2. The molecule has 3 heterocycles. The van der Waals surface area contributed by atoms with Crippen LogP contribution >= 0.6 is 0 Å². The SMILES string of the molecule is N=C(c1ccc(C2=CC3(CCNCC3)Oc3ccccc32)cc1)N1CCCC1. The number of hydrogen-bond donors (Lipinski definition) is 2. The highest BCUT2D eigenvalue weighted by Gasteiger charge is 2.36. The van der Waals surface area contributed by atoms with Crippen LogP contribution in [0.4, 0.5) is 0 Å². The fourth-order valence-corrected chi connectivity index (χ4v) is 4.63. The van der Waals surface area contributed by atoms with E-state index in [0.29, 0.717) is 5.84 Å². The van der Waals surface area contributed by atoms with E-state index in [2.05, 4.69) is 64.8 Å². The lowest BCUT2D eigenvalue weighted by Gasteiger charge is -2.40. The van der Waals surface area contributed by atoms with Gasteiger partial charge in [-0.2, -0.15) is 0 Å². The summed E-state index contributed by atoms with van der Waals surface area (Å²) < 4.78 is 6.48. The maximum absolute atomic E-state index is 8.50. The van der Waals surface area contributed by atoms with Gasteiger partial charge in [0.05, 0.1) is 0 Å². The van der Waals surface area contributed by atoms with Crippen LogP contribution in [0.25, 0.3) is 5.57 Å². The van der Waals surface area contributed by atoms with Crippen LogP contribution in [0.5, 0.6) is 5.75 Å². The molecular weight excluding hydrogens is 346 g/mol. The zero-order valence-corrected chi connectivity index (χ0v) is 16.2. The number of nitrogens with one attached hydrogen (secondary N) is 2. The smallest absolute Gasteiger partial charge is 0.130 e. The Morgan fingerprint density at radius 1 is 0.964 bits per heavy atom. The van der Waals surface area contributed by atoms with Crippen LogP contribution in [-0.2, 0) is 0 Å². The summed E-state index contributed by atoms with van der Waals surface area (Å²) in [6, 6.07) is 16.9. The molecule has 4 heteroatoms. The third kappa shape index (κ3) is 3.12. The highest BCUT2D eigenvalue weighted by molar-refractivity contribution is 5.97. The molecule has 0 amide bonds. The zero-order chi connectivity index (χ0) is 19.0. The van der Waals surface area contributed by atoms with Gasteiger partial charge in [0.2, 0.25) is 0 Å². The lowest BCUT2D eigenvalue weighted by molar-refractivity contribution is 0.0817. The van der Waals surface area contributed by atoms with Gasteiger partial charge in [0.15, 0.2) is 0 Å². The predicted molar refractivity (Wildman–Crippen MR) is 113 cm³/mol. The van der Waals surface area contributed by atoms with Crippen LogP contribution < -0.4 is 10.1 Å². The predicted octanol–water partition coefficient (Wildman–Crippen LogP) is 4.05. The summed E-state index contributed by atoms with van der Waals surface area (Å²) in [5, 5.41) is 11.9. The fraction of sp³-hybridized carbons (Fsp3) is 0.375. The molecule has 0 aromatic heterocycles. The molecular formula is C24H27N3O. The van der Waals surface area contributed by atoms with E-state index >= 15 is 0 Å². The first kappa shape index (κ1) is 17.5. The number of piperidine rings is 1. The molecule has 28 heavy (non-hydrogen) atoms. The molecule has 2 aromatic rings. The Morgan fingerprint density at radius 2 is 1.68 bits per heavy atom. The van der Waals surface area contributed by atoms with E-state index in [1.807, 2.05) is 0 Å². The molecule has 2 saturated heterocycles. The van der Waals surface area contributed by atoms with Gasteiger partial charge in [-0.1, -0.05) is 42.5 Å². The van der Waals surface area contributed by atoms with Crippen molar-refractivity contribution in [3.05, 3.63) is 71.3 Å². The first-order chi connectivity index (χ1) is 13.7. The maximum atomic E-state index is 8.50. The molecule has 0 atom stereocenters. The molecule has 0 aliphatic carbocycles. The van der Waals surface area contributed by atoms with Crippen LogP contribution in [0.1, 0.15) is 42.4 Å². The minimum Gasteiger partial charge on any atom is -0.482 e. The van der Waals surface area contributed by atoms with Gasteiger partial charge in [0.25, 0.3) is 0 Å². The summed E-state index contributed by atoms with van der Waals surface area (Å²) in [7, 11) is 0. The Bertz CT molecular complexity index is 904. The number of benzene rings is 2. The van der Waals surface area contributed by atoms with Crippen molar-refractivity contribution in [2.45, 2.75) is 31.3 Å². The average molecular weight is 374 g/mol. The summed E-state index contributed by atoms with van der Waals surface area (Å²) >= 11 is 0. The molecule has 0 saturated carbocycles. The van der Waals surface area contributed by atoms with Crippen LogP contribution in [0.2, 0.25) is 0 Å². The monoisotopic (exact) mass is 373 g/mol. The maximum Gasteiger partial charge on any atom is 0.130 e. The van der Waals surface area contributed by atoms with Crippen molar-refractivity contribution in [1.82, 2.24) is 10.2 Å². The number of likely N-dealkylation sites (tertiary alicyclic amines) is 1. The van der Waals surface area contributed by atoms with Crippen LogP contribution in [-0.4, -0.2) is 42.5 Å². The molecule has 0 bridgehead atoms. The van der Waals surface area contributed by atoms with Gasteiger partial charge >= 0.3 is 0 Å². The van der Waals surface area contributed by atoms with Gasteiger partial charge in [-0.15, -0.1) is 0 Å². The third-order valence-corrected chi connectivity index (χ3v) is 6.24. The first-order valence-electron chi connectivity index (χ1n) is 10.4. The Hall–Kier alpha value is -2.59. The average Bonchev–Trinajstić information content (AvgIpc) is 3.28. The Balaban J connectivity index is 1.50. The molecule has 144 valence electrons. The third-order valence-electron chi connectivity index (χ3n) is 6.24. The van der Waals surface area contributed by atoms with Gasteiger partial charge in [0.1, 0.15) is 17.2 Å². The minimum absolute atomic E-state index is 0.212. The molecule has 1 spiro atoms. The number of ether oxygens (including phenoxy) is 1. The number of amidine groups is 1. The molecule has 2 N–H and O–H groups in total. The summed E-state index contributed by atoms with van der Waals surface area (Å²) in [6.07, 6.45) is 6.71. The van der Waals surface area contributed by atoms with Crippen molar-refractivity contribution < 1.29 is 4.74 Å². The zero-order valence-electron chi connectivity index (χ0n) is 16.2. The van der Waals surface area contributed by atoms with Crippen molar-refractivity contribution in [2.75, 3.05) is 26.2 Å². The number of nitrogens with zero attached hydrogens (tertiary/aromatic N) is 1. The number of para-hydroxylation sites is 1. The molecule has 2 aromatic carbocycles. The second-order valence-electron chi connectivity index (χ2n) is 8.09. The first-order valence-corrected chi connectivity index (χ1v) is 10.4. The Kier molecular flexibility index (Phi) is 4.44. The Labute approximate surface area is 166 Å². The van der Waals surface area contributed by atoms with Crippen molar-refractivity contribution in [2.24, 2.45) is 0 Å². The lowest BCUT2D eigenvalue weighted by atomic mass is 9.83. The van der Waals surface area contributed by atoms with Gasteiger partial charge in [-0.3, -0.25) is 5.41 Å². The highest BCUT2D eigenvalue weighted by Crippen LogP contribution is 2.42. The minimum atomic E-state index is -0.212. The second kappa shape index (κ2) is 7.10. The van der Waals surface area contributed by atoms with Crippen LogP contribution in [0.15, 0.2) is 54.6 Å². The van der Waals surface area contributed by atoms with E-state index in [9.17, 15) is 0 Å². The molecule has 2 fully saturated rings. The van der Waals surface area contributed by atoms with E-state index in [4.69, 9.17) is 10.1 Å². The van der Waals surface area contributed by atoms with Gasteiger partial charge in [-0.05, 0) is 49.2 Å². The molecule has 0 unspecified atom stereocenters. The van der Waals surface area contributed by atoms with Crippen LogP contribution in [0, 0.1) is 5.41 Å². The van der Waals surface area contributed by atoms with E-state index in [0.717, 1.165) is 55.9 Å². The van der Waals surface area contributed by atoms with Gasteiger partial charge in [-0.25, -0.2) is 0 Å². The summed E-state index contributed by atoms with van der Waals surface area (Å²) in [5.41, 5.74) is 4.41. The van der Waals surface area contributed by atoms with E-state index < -0.39 is 0 Å². The highest BCUT2D eigenvalue weighted by atomic mass is 16.5. The van der Waals surface area contributed by atoms with Crippen molar-refractivity contribution in [3.8, 4) is 5.75 Å². The topological polar surface area (TPSA) is 48.4 Å². The van der Waals surface area contributed by atoms with Crippen molar-refractivity contribution in [1.29, 1.82) is 5.41 Å². The van der Waals surface area contributed by atoms with Gasteiger partial charge < -0.3 is 15.0 Å². The number of fused-ring (bicyclic) bond motifs is 1. The molecule has 4 nitrogen and oxygen atoms in total. The van der Waals surface area contributed by atoms with Crippen LogP contribution in [0.3, 0.4) is 0 Å². The molecule has 0 radical (unpaired) electrons. The quantitative estimate of drug-likeness (QED) is 0.617. The molecule has 5 rings (SSSR count). The van der Waals surface area contributed by atoms with Crippen molar-refractivity contribution >= 4 is 11.4 Å². The fourth-order valence-electron chi connectivity index (χ4n) is 4.63. The standard InChI is InChI=1S/C24H27N3O/c25-23(27-15-3-4-16-27)19-9-7-18(8-10-19)21-17-24(11-13-26-14-12-24)28-22-6-2-1-5-20(21)22/h1-2,5-10,17,25-26H,3-4,11-16H2. The normalized spacial score (nSPS) is 20.4. The van der Waals surface area contributed by atoms with E-state index in [-0.39, 0.29) is 5.60 Å². The van der Waals surface area contributed by atoms with Gasteiger partial charge in [0, 0.05) is 37.1 Å².